The Labute approximate surface area is 210 Å². The van der Waals surface area contributed by atoms with E-state index in [4.69, 9.17) is 9.97 Å². The van der Waals surface area contributed by atoms with Gasteiger partial charge < -0.3 is 4.57 Å². The number of aromatic nitrogens is 3. The van der Waals surface area contributed by atoms with E-state index in [1.54, 1.807) is 11.3 Å². The maximum Gasteiger partial charge on any atom is 0.143 e. The van der Waals surface area contributed by atoms with Crippen LogP contribution in [0.25, 0.3) is 70.1 Å². The molecular weight excluding hydrogens is 458 g/mol. The SMILES string of the molecule is c1cc(-c2cccc3sc4nc5ccccc5nc4c23)cc(-n2c3ccccc3c3ccccc32)c1. The van der Waals surface area contributed by atoms with Crippen LogP contribution >= 0.6 is 11.3 Å². The van der Waals surface area contributed by atoms with Gasteiger partial charge in [-0.15, -0.1) is 11.3 Å². The van der Waals surface area contributed by atoms with Crippen LogP contribution in [-0.4, -0.2) is 14.5 Å². The van der Waals surface area contributed by atoms with E-state index in [9.17, 15) is 0 Å². The first-order valence-corrected chi connectivity index (χ1v) is 12.8. The Hall–Kier alpha value is -4.54. The third kappa shape index (κ3) is 2.79. The number of rotatable bonds is 2. The van der Waals surface area contributed by atoms with Crippen LogP contribution in [0.15, 0.2) is 115 Å². The van der Waals surface area contributed by atoms with Crippen molar-refractivity contribution in [3.63, 3.8) is 0 Å². The third-order valence-electron chi connectivity index (χ3n) is 7.00. The smallest absolute Gasteiger partial charge is 0.143 e. The van der Waals surface area contributed by atoms with Gasteiger partial charge in [-0.25, -0.2) is 9.97 Å². The molecule has 0 fully saturated rings. The summed E-state index contributed by atoms with van der Waals surface area (Å²) in [6.45, 7) is 0. The highest BCUT2D eigenvalue weighted by Crippen LogP contribution is 2.40. The zero-order valence-corrected chi connectivity index (χ0v) is 20.0. The quantitative estimate of drug-likeness (QED) is 0.249. The Morgan fingerprint density at radius 1 is 0.583 bits per heavy atom. The first kappa shape index (κ1) is 19.7. The Balaban J connectivity index is 1.40. The molecule has 0 aliphatic carbocycles. The Bertz CT molecular complexity index is 2060. The molecule has 8 aromatic rings. The maximum atomic E-state index is 5.05. The van der Waals surface area contributed by atoms with Crippen LogP contribution in [0.1, 0.15) is 0 Å². The summed E-state index contributed by atoms with van der Waals surface area (Å²) < 4.78 is 3.58. The molecule has 168 valence electrons. The molecule has 3 heterocycles. The monoisotopic (exact) mass is 477 g/mol. The first-order chi connectivity index (χ1) is 17.8. The summed E-state index contributed by atoms with van der Waals surface area (Å²) in [6, 6.07) is 40.7. The molecule has 0 unspecified atom stereocenters. The van der Waals surface area contributed by atoms with Crippen molar-refractivity contribution in [2.75, 3.05) is 0 Å². The van der Waals surface area contributed by atoms with E-state index >= 15 is 0 Å². The highest BCUT2D eigenvalue weighted by molar-refractivity contribution is 7.25. The molecule has 8 rings (SSSR count). The summed E-state index contributed by atoms with van der Waals surface area (Å²) in [7, 11) is 0. The number of benzene rings is 5. The molecule has 0 amide bonds. The summed E-state index contributed by atoms with van der Waals surface area (Å²) in [6.07, 6.45) is 0. The fraction of sp³-hybridized carbons (Fsp3) is 0. The fourth-order valence-electron chi connectivity index (χ4n) is 5.44. The van der Waals surface area contributed by atoms with Gasteiger partial charge in [0.1, 0.15) is 10.3 Å². The van der Waals surface area contributed by atoms with E-state index in [0.29, 0.717) is 0 Å². The van der Waals surface area contributed by atoms with Crippen molar-refractivity contribution in [3.05, 3.63) is 115 Å². The minimum absolute atomic E-state index is 0.929. The van der Waals surface area contributed by atoms with Gasteiger partial charge in [-0.3, -0.25) is 0 Å². The standard InChI is InChI=1S/C32H19N3S/c1-5-16-27-23(11-1)24-12-2-6-17-28(24)35(27)21-10-7-9-20(19-21)22-13-8-18-29-30(22)31-32(36-29)34-26-15-4-3-14-25(26)33-31/h1-19H. The molecule has 0 aliphatic heterocycles. The lowest BCUT2D eigenvalue weighted by Crippen LogP contribution is -1.94. The van der Waals surface area contributed by atoms with Crippen molar-refractivity contribution >= 4 is 64.6 Å². The van der Waals surface area contributed by atoms with Gasteiger partial charge in [0.15, 0.2) is 0 Å². The van der Waals surface area contributed by atoms with E-state index < -0.39 is 0 Å². The highest BCUT2D eigenvalue weighted by atomic mass is 32.1. The van der Waals surface area contributed by atoms with E-state index in [1.165, 1.54) is 43.0 Å². The normalized spacial score (nSPS) is 11.9. The number of thiophene rings is 1. The van der Waals surface area contributed by atoms with Crippen molar-refractivity contribution in [2.24, 2.45) is 0 Å². The van der Waals surface area contributed by atoms with Crippen LogP contribution in [0.4, 0.5) is 0 Å². The summed E-state index contributed by atoms with van der Waals surface area (Å²) in [5, 5.41) is 3.72. The second-order valence-corrected chi connectivity index (χ2v) is 10.1. The minimum atomic E-state index is 0.929. The van der Waals surface area contributed by atoms with Gasteiger partial charge in [-0.2, -0.15) is 0 Å². The lowest BCUT2D eigenvalue weighted by molar-refractivity contribution is 1.18. The Morgan fingerprint density at radius 3 is 2.03 bits per heavy atom. The summed E-state index contributed by atoms with van der Waals surface area (Å²) in [5.74, 6) is 0. The van der Waals surface area contributed by atoms with Crippen LogP contribution in [0.5, 0.6) is 0 Å². The molecule has 0 saturated carbocycles. The summed E-state index contributed by atoms with van der Waals surface area (Å²) in [4.78, 5) is 11.0. The molecule has 0 atom stereocenters. The number of hydrogen-bond donors (Lipinski definition) is 0. The van der Waals surface area contributed by atoms with E-state index in [1.807, 2.05) is 24.3 Å². The lowest BCUT2D eigenvalue weighted by Gasteiger charge is -2.11. The van der Waals surface area contributed by atoms with E-state index in [0.717, 1.165) is 27.1 Å². The van der Waals surface area contributed by atoms with Crippen molar-refractivity contribution in [1.29, 1.82) is 0 Å². The molecule has 3 nitrogen and oxygen atoms in total. The van der Waals surface area contributed by atoms with Crippen LogP contribution in [-0.2, 0) is 0 Å². The van der Waals surface area contributed by atoms with E-state index in [2.05, 4.69) is 95.6 Å². The van der Waals surface area contributed by atoms with Crippen molar-refractivity contribution in [2.45, 2.75) is 0 Å². The van der Waals surface area contributed by atoms with Gasteiger partial charge in [0.25, 0.3) is 0 Å². The second-order valence-electron chi connectivity index (χ2n) is 9.07. The summed E-state index contributed by atoms with van der Waals surface area (Å²) >= 11 is 1.71. The van der Waals surface area contributed by atoms with Gasteiger partial charge in [-0.1, -0.05) is 72.8 Å². The Kier molecular flexibility index (Phi) is 4.10. The highest BCUT2D eigenvalue weighted by Gasteiger charge is 2.16. The molecule has 0 radical (unpaired) electrons. The number of para-hydroxylation sites is 4. The fourth-order valence-corrected chi connectivity index (χ4v) is 6.49. The first-order valence-electron chi connectivity index (χ1n) is 12.0. The number of hydrogen-bond acceptors (Lipinski definition) is 3. The molecule has 0 N–H and O–H groups in total. The van der Waals surface area contributed by atoms with Crippen LogP contribution in [0.2, 0.25) is 0 Å². The molecule has 4 heteroatoms. The summed E-state index contributed by atoms with van der Waals surface area (Å²) in [5.41, 5.74) is 8.79. The third-order valence-corrected chi connectivity index (χ3v) is 8.04. The molecular formula is C32H19N3S. The average Bonchev–Trinajstić information content (AvgIpc) is 3.47. The predicted octanol–water partition coefficient (Wildman–Crippen LogP) is 8.76. The number of fused-ring (bicyclic) bond motifs is 7. The minimum Gasteiger partial charge on any atom is -0.309 e. The molecule has 5 aromatic carbocycles. The van der Waals surface area contributed by atoms with E-state index in [-0.39, 0.29) is 0 Å². The van der Waals surface area contributed by atoms with Gasteiger partial charge in [0.2, 0.25) is 0 Å². The van der Waals surface area contributed by atoms with Gasteiger partial charge in [-0.05, 0) is 53.6 Å². The zero-order valence-electron chi connectivity index (χ0n) is 19.2. The molecule has 0 bridgehead atoms. The topological polar surface area (TPSA) is 30.7 Å². The van der Waals surface area contributed by atoms with Crippen molar-refractivity contribution in [3.8, 4) is 16.8 Å². The van der Waals surface area contributed by atoms with Gasteiger partial charge in [0.05, 0.1) is 22.1 Å². The maximum absolute atomic E-state index is 5.05. The van der Waals surface area contributed by atoms with Crippen LogP contribution in [0, 0.1) is 0 Å². The van der Waals surface area contributed by atoms with Crippen molar-refractivity contribution in [1.82, 2.24) is 14.5 Å². The van der Waals surface area contributed by atoms with Gasteiger partial charge in [0, 0.05) is 26.5 Å². The van der Waals surface area contributed by atoms with Crippen LogP contribution < -0.4 is 0 Å². The van der Waals surface area contributed by atoms with Crippen molar-refractivity contribution < 1.29 is 0 Å². The van der Waals surface area contributed by atoms with Crippen LogP contribution in [0.3, 0.4) is 0 Å². The zero-order chi connectivity index (χ0) is 23.6. The molecule has 3 aromatic heterocycles. The lowest BCUT2D eigenvalue weighted by atomic mass is 10.0. The Morgan fingerprint density at radius 2 is 1.25 bits per heavy atom. The largest absolute Gasteiger partial charge is 0.309 e. The van der Waals surface area contributed by atoms with Gasteiger partial charge >= 0.3 is 0 Å². The molecule has 36 heavy (non-hydrogen) atoms. The molecule has 0 aliphatic rings. The second kappa shape index (κ2) is 7.48. The average molecular weight is 478 g/mol. The predicted molar refractivity (Wildman–Crippen MR) is 152 cm³/mol. The molecule has 0 spiro atoms. The number of nitrogens with zero attached hydrogens (tertiary/aromatic N) is 3. The molecule has 0 saturated heterocycles.